The van der Waals surface area contributed by atoms with Gasteiger partial charge in [0.2, 0.25) is 0 Å². The zero-order chi connectivity index (χ0) is 16.6. The highest BCUT2D eigenvalue weighted by molar-refractivity contribution is 5.62. The van der Waals surface area contributed by atoms with Crippen LogP contribution in [-0.4, -0.2) is 15.6 Å². The third kappa shape index (κ3) is 12.5. The molecule has 0 unspecified atom stereocenters. The number of carboxylic acids is 1. The highest BCUT2D eigenvalue weighted by Crippen LogP contribution is 2.11. The van der Waals surface area contributed by atoms with Crippen LogP contribution in [0.2, 0.25) is 0 Å². The molecular weight excluding hydrogens is 274 g/mol. The van der Waals surface area contributed by atoms with Crippen molar-refractivity contribution in [3.05, 3.63) is 24.0 Å². The van der Waals surface area contributed by atoms with Gasteiger partial charge in [0, 0.05) is 25.4 Å². The Morgan fingerprint density at radius 1 is 1.00 bits per heavy atom. The van der Waals surface area contributed by atoms with Crippen LogP contribution in [0, 0.1) is 0 Å². The molecule has 128 valence electrons. The molecule has 1 aromatic rings. The molecule has 0 amide bonds. The molecule has 1 heterocycles. The average Bonchev–Trinajstić information content (AvgIpc) is 2.92. The number of aryl methyl sites for hydroxylation is 2. The summed E-state index contributed by atoms with van der Waals surface area (Å²) in [5.74, 6) is -0.833. The minimum atomic E-state index is -0.833. The predicted octanol–water partition coefficient (Wildman–Crippen LogP) is 5.67. The fourth-order valence-corrected chi connectivity index (χ4v) is 2.58. The molecule has 0 saturated heterocycles. The molecule has 1 rings (SSSR count). The second kappa shape index (κ2) is 14.7. The van der Waals surface area contributed by atoms with Crippen molar-refractivity contribution in [2.45, 2.75) is 91.5 Å². The Bertz CT molecular complexity index is 367. The molecular formula is C19H35NO2. The van der Waals surface area contributed by atoms with Gasteiger partial charge in [-0.3, -0.25) is 4.79 Å². The molecule has 0 atom stereocenters. The Balaban J connectivity index is 0.000000980. The number of aliphatic carboxylic acids is 1. The van der Waals surface area contributed by atoms with Gasteiger partial charge < -0.3 is 9.67 Å². The highest BCUT2D eigenvalue weighted by atomic mass is 16.4. The average molecular weight is 309 g/mol. The molecule has 0 aliphatic rings. The Morgan fingerprint density at radius 3 is 2.00 bits per heavy atom. The lowest BCUT2D eigenvalue weighted by Crippen LogP contribution is -2.00. The van der Waals surface area contributed by atoms with Crippen molar-refractivity contribution in [3.8, 4) is 0 Å². The topological polar surface area (TPSA) is 42.2 Å². The van der Waals surface area contributed by atoms with Gasteiger partial charge in [-0.2, -0.15) is 0 Å². The minimum Gasteiger partial charge on any atom is -0.481 e. The van der Waals surface area contributed by atoms with E-state index in [0.717, 1.165) is 13.3 Å². The normalized spacial score (nSPS) is 10.1. The van der Waals surface area contributed by atoms with Gasteiger partial charge in [-0.15, -0.1) is 0 Å². The first-order valence-electron chi connectivity index (χ1n) is 8.95. The van der Waals surface area contributed by atoms with Crippen LogP contribution >= 0.6 is 0 Å². The fraction of sp³-hybridized carbons (Fsp3) is 0.737. The van der Waals surface area contributed by atoms with Crippen molar-refractivity contribution in [3.63, 3.8) is 0 Å². The smallest absolute Gasteiger partial charge is 0.300 e. The number of carbonyl (C=O) groups is 1. The first-order valence-corrected chi connectivity index (χ1v) is 8.95. The summed E-state index contributed by atoms with van der Waals surface area (Å²) in [5, 5.41) is 7.42. The van der Waals surface area contributed by atoms with Crippen molar-refractivity contribution in [1.29, 1.82) is 0 Å². The van der Waals surface area contributed by atoms with E-state index in [1.54, 1.807) is 0 Å². The first kappa shape index (κ1) is 20.8. The maximum Gasteiger partial charge on any atom is 0.300 e. The molecule has 0 aromatic carbocycles. The van der Waals surface area contributed by atoms with Gasteiger partial charge in [-0.1, -0.05) is 65.2 Å². The summed E-state index contributed by atoms with van der Waals surface area (Å²) in [7, 11) is 0. The van der Waals surface area contributed by atoms with Crippen molar-refractivity contribution >= 4 is 5.97 Å². The minimum absolute atomic E-state index is 0.833. The third-order valence-electron chi connectivity index (χ3n) is 3.79. The Labute approximate surface area is 136 Å². The van der Waals surface area contributed by atoms with E-state index in [9.17, 15) is 0 Å². The van der Waals surface area contributed by atoms with E-state index in [4.69, 9.17) is 9.90 Å². The Kier molecular flexibility index (Phi) is 13.8. The second-order valence-electron chi connectivity index (χ2n) is 5.89. The summed E-state index contributed by atoms with van der Waals surface area (Å²) in [6, 6.07) is 4.42. The van der Waals surface area contributed by atoms with Gasteiger partial charge >= 0.3 is 0 Å². The summed E-state index contributed by atoms with van der Waals surface area (Å²) < 4.78 is 2.42. The number of unbranched alkanes of at least 4 members (excludes halogenated alkanes) is 8. The molecule has 3 heteroatoms. The fourth-order valence-electron chi connectivity index (χ4n) is 2.58. The SMILES string of the molecule is CC(=O)O.CCCCCCCCCCCn1cccc1CC. The third-order valence-corrected chi connectivity index (χ3v) is 3.79. The lowest BCUT2D eigenvalue weighted by atomic mass is 10.1. The van der Waals surface area contributed by atoms with Gasteiger partial charge in [-0.05, 0) is 25.0 Å². The van der Waals surface area contributed by atoms with E-state index >= 15 is 0 Å². The van der Waals surface area contributed by atoms with Crippen LogP contribution in [0.15, 0.2) is 18.3 Å². The highest BCUT2D eigenvalue weighted by Gasteiger charge is 1.97. The van der Waals surface area contributed by atoms with Crippen LogP contribution in [0.4, 0.5) is 0 Å². The predicted molar refractivity (Wildman–Crippen MR) is 94.3 cm³/mol. The molecule has 3 nitrogen and oxygen atoms in total. The van der Waals surface area contributed by atoms with Gasteiger partial charge in [0.05, 0.1) is 0 Å². The summed E-state index contributed by atoms with van der Waals surface area (Å²) in [6.45, 7) is 6.82. The number of hydrogen-bond acceptors (Lipinski definition) is 1. The van der Waals surface area contributed by atoms with Gasteiger partial charge in [-0.25, -0.2) is 0 Å². The standard InChI is InChI=1S/C17H31N.C2H4O2/c1-3-5-6-7-8-9-10-11-12-15-18-16-13-14-17(18)4-2;1-2(3)4/h13-14,16H,3-12,15H2,1-2H3;1H3,(H,3,4). The van der Waals surface area contributed by atoms with E-state index in [0.29, 0.717) is 0 Å². The zero-order valence-corrected chi connectivity index (χ0v) is 14.8. The van der Waals surface area contributed by atoms with Crippen LogP contribution in [-0.2, 0) is 17.8 Å². The lowest BCUT2D eigenvalue weighted by Gasteiger charge is -2.07. The summed E-state index contributed by atoms with van der Waals surface area (Å²) in [5.41, 5.74) is 1.48. The van der Waals surface area contributed by atoms with E-state index in [1.165, 1.54) is 70.0 Å². The molecule has 22 heavy (non-hydrogen) atoms. The number of rotatable bonds is 11. The summed E-state index contributed by atoms with van der Waals surface area (Å²) in [6.07, 6.45) is 16.1. The van der Waals surface area contributed by atoms with Crippen LogP contribution < -0.4 is 0 Å². The van der Waals surface area contributed by atoms with Gasteiger partial charge in [0.15, 0.2) is 0 Å². The van der Waals surface area contributed by atoms with Crippen molar-refractivity contribution in [1.82, 2.24) is 4.57 Å². The Hall–Kier alpha value is -1.25. The maximum absolute atomic E-state index is 9.00. The van der Waals surface area contributed by atoms with Crippen LogP contribution in [0.5, 0.6) is 0 Å². The molecule has 0 fully saturated rings. The van der Waals surface area contributed by atoms with Crippen molar-refractivity contribution < 1.29 is 9.90 Å². The molecule has 1 aromatic heterocycles. The molecule has 0 aliphatic carbocycles. The summed E-state index contributed by atoms with van der Waals surface area (Å²) in [4.78, 5) is 9.00. The Morgan fingerprint density at radius 2 is 1.50 bits per heavy atom. The van der Waals surface area contributed by atoms with Crippen LogP contribution in [0.3, 0.4) is 0 Å². The molecule has 0 spiro atoms. The molecule has 0 saturated carbocycles. The van der Waals surface area contributed by atoms with E-state index < -0.39 is 5.97 Å². The molecule has 1 N–H and O–H groups in total. The van der Waals surface area contributed by atoms with E-state index in [-0.39, 0.29) is 0 Å². The molecule has 0 bridgehead atoms. The maximum atomic E-state index is 9.00. The van der Waals surface area contributed by atoms with Gasteiger partial charge in [0.25, 0.3) is 5.97 Å². The zero-order valence-electron chi connectivity index (χ0n) is 14.8. The molecule has 0 radical (unpaired) electrons. The van der Waals surface area contributed by atoms with Gasteiger partial charge in [0.1, 0.15) is 0 Å². The van der Waals surface area contributed by atoms with E-state index in [2.05, 4.69) is 36.7 Å². The van der Waals surface area contributed by atoms with Crippen molar-refractivity contribution in [2.75, 3.05) is 0 Å². The van der Waals surface area contributed by atoms with E-state index in [1.807, 2.05) is 0 Å². The largest absolute Gasteiger partial charge is 0.481 e. The quantitative estimate of drug-likeness (QED) is 0.535. The lowest BCUT2D eigenvalue weighted by molar-refractivity contribution is -0.134. The van der Waals surface area contributed by atoms with Crippen LogP contribution in [0.1, 0.15) is 84.3 Å². The number of hydrogen-bond donors (Lipinski definition) is 1. The van der Waals surface area contributed by atoms with Crippen molar-refractivity contribution in [2.24, 2.45) is 0 Å². The monoisotopic (exact) mass is 309 g/mol. The summed E-state index contributed by atoms with van der Waals surface area (Å²) >= 11 is 0. The van der Waals surface area contributed by atoms with Crippen LogP contribution in [0.25, 0.3) is 0 Å². The number of carboxylic acid groups (broad SMARTS) is 1. The molecule has 0 aliphatic heterocycles. The number of aromatic nitrogens is 1. The second-order valence-corrected chi connectivity index (χ2v) is 5.89. The first-order chi connectivity index (χ1) is 10.6. The number of nitrogens with zero attached hydrogens (tertiary/aromatic N) is 1.